The zero-order valence-corrected chi connectivity index (χ0v) is 17.0. The van der Waals surface area contributed by atoms with E-state index in [0.29, 0.717) is 24.4 Å². The van der Waals surface area contributed by atoms with E-state index in [-0.39, 0.29) is 24.2 Å². The van der Waals surface area contributed by atoms with Crippen molar-refractivity contribution in [3.63, 3.8) is 0 Å². The van der Waals surface area contributed by atoms with Crippen molar-refractivity contribution >= 4 is 29.2 Å². The van der Waals surface area contributed by atoms with Crippen LogP contribution in [0, 0.1) is 19.8 Å². The Labute approximate surface area is 170 Å². The molecule has 0 saturated carbocycles. The molecule has 1 aliphatic heterocycles. The average molecular weight is 394 g/mol. The number of nitrogens with one attached hydrogen (secondary N) is 1. The van der Waals surface area contributed by atoms with E-state index in [0.717, 1.165) is 23.2 Å². The van der Waals surface area contributed by atoms with Crippen LogP contribution in [0.4, 0.5) is 11.4 Å². The predicted octanol–water partition coefficient (Wildman–Crippen LogP) is 3.86. The molecule has 152 valence electrons. The van der Waals surface area contributed by atoms with Crippen LogP contribution in [0.1, 0.15) is 41.3 Å². The predicted molar refractivity (Wildman–Crippen MR) is 112 cm³/mol. The second kappa shape index (κ2) is 8.90. The largest absolute Gasteiger partial charge is 0.462 e. The number of carbonyl (C=O) groups is 3. The third kappa shape index (κ3) is 4.83. The van der Waals surface area contributed by atoms with Gasteiger partial charge in [-0.05, 0) is 61.7 Å². The number of anilines is 2. The summed E-state index contributed by atoms with van der Waals surface area (Å²) in [6.07, 6.45) is 0.944. The number of rotatable bonds is 6. The van der Waals surface area contributed by atoms with Gasteiger partial charge in [-0.2, -0.15) is 0 Å². The smallest absolute Gasteiger partial charge is 0.338 e. The maximum Gasteiger partial charge on any atom is 0.338 e. The van der Waals surface area contributed by atoms with Crippen molar-refractivity contribution in [1.29, 1.82) is 0 Å². The first-order chi connectivity index (χ1) is 13.9. The summed E-state index contributed by atoms with van der Waals surface area (Å²) in [6.45, 7) is 6.61. The Bertz CT molecular complexity index is 921. The maximum absolute atomic E-state index is 12.7. The first-order valence-corrected chi connectivity index (χ1v) is 9.84. The summed E-state index contributed by atoms with van der Waals surface area (Å²) in [4.78, 5) is 38.7. The summed E-state index contributed by atoms with van der Waals surface area (Å²) < 4.78 is 5.09. The topological polar surface area (TPSA) is 75.7 Å². The van der Waals surface area contributed by atoms with E-state index in [1.54, 1.807) is 29.2 Å². The van der Waals surface area contributed by atoms with Crippen molar-refractivity contribution in [2.45, 2.75) is 33.6 Å². The lowest BCUT2D eigenvalue weighted by Gasteiger charge is -2.19. The standard InChI is InChI=1S/C23H26N2O4/c1-4-11-29-23(28)17-7-9-19(10-8-17)24-22(27)18-13-21(26)25(14-18)20-12-15(2)5-6-16(20)3/h5-10,12,18H,4,11,13-14H2,1-3H3,(H,24,27)/t18-/m1/s1. The van der Waals surface area contributed by atoms with Gasteiger partial charge in [-0.1, -0.05) is 19.1 Å². The van der Waals surface area contributed by atoms with Gasteiger partial charge in [-0.25, -0.2) is 4.79 Å². The Morgan fingerprint density at radius 1 is 1.14 bits per heavy atom. The van der Waals surface area contributed by atoms with Crippen molar-refractivity contribution < 1.29 is 19.1 Å². The first-order valence-electron chi connectivity index (χ1n) is 9.84. The molecule has 1 saturated heterocycles. The number of amides is 2. The molecule has 0 aliphatic carbocycles. The van der Waals surface area contributed by atoms with Gasteiger partial charge in [0.25, 0.3) is 0 Å². The fraction of sp³-hybridized carbons (Fsp3) is 0.348. The molecule has 6 heteroatoms. The monoisotopic (exact) mass is 394 g/mol. The van der Waals surface area contributed by atoms with E-state index in [9.17, 15) is 14.4 Å². The van der Waals surface area contributed by atoms with Crippen LogP contribution in [0.15, 0.2) is 42.5 Å². The van der Waals surface area contributed by atoms with Crippen molar-refractivity contribution in [3.8, 4) is 0 Å². The fourth-order valence-corrected chi connectivity index (χ4v) is 3.34. The van der Waals surface area contributed by atoms with Crippen LogP contribution in [0.5, 0.6) is 0 Å². The molecule has 1 N–H and O–H groups in total. The number of hydrogen-bond acceptors (Lipinski definition) is 4. The lowest BCUT2D eigenvalue weighted by Crippen LogP contribution is -2.28. The van der Waals surface area contributed by atoms with Gasteiger partial charge < -0.3 is 15.0 Å². The minimum absolute atomic E-state index is 0.0483. The van der Waals surface area contributed by atoms with Gasteiger partial charge in [0.2, 0.25) is 11.8 Å². The molecular formula is C23H26N2O4. The minimum atomic E-state index is -0.420. The highest BCUT2D eigenvalue weighted by Crippen LogP contribution is 2.29. The Morgan fingerprint density at radius 2 is 1.86 bits per heavy atom. The van der Waals surface area contributed by atoms with Crippen LogP contribution in [0.3, 0.4) is 0 Å². The van der Waals surface area contributed by atoms with Crippen molar-refractivity contribution in [2.24, 2.45) is 5.92 Å². The molecule has 6 nitrogen and oxygen atoms in total. The Hall–Kier alpha value is -3.15. The number of esters is 1. The lowest BCUT2D eigenvalue weighted by molar-refractivity contribution is -0.122. The van der Waals surface area contributed by atoms with E-state index in [1.165, 1.54) is 0 Å². The number of aryl methyl sites for hydroxylation is 2. The maximum atomic E-state index is 12.7. The zero-order chi connectivity index (χ0) is 21.0. The van der Waals surface area contributed by atoms with E-state index in [4.69, 9.17) is 4.74 Å². The Morgan fingerprint density at radius 3 is 2.55 bits per heavy atom. The van der Waals surface area contributed by atoms with E-state index in [2.05, 4.69) is 5.32 Å². The van der Waals surface area contributed by atoms with Crippen molar-refractivity contribution in [3.05, 3.63) is 59.2 Å². The molecule has 0 aromatic heterocycles. The summed E-state index contributed by atoms with van der Waals surface area (Å²) >= 11 is 0. The van der Waals surface area contributed by atoms with Crippen LogP contribution in [-0.2, 0) is 14.3 Å². The average Bonchev–Trinajstić information content (AvgIpc) is 3.10. The molecule has 2 amide bonds. The molecule has 29 heavy (non-hydrogen) atoms. The third-order valence-electron chi connectivity index (χ3n) is 4.98. The molecule has 0 spiro atoms. The quantitative estimate of drug-likeness (QED) is 0.755. The minimum Gasteiger partial charge on any atom is -0.462 e. The lowest BCUT2D eigenvalue weighted by atomic mass is 10.1. The van der Waals surface area contributed by atoms with E-state index >= 15 is 0 Å². The number of benzene rings is 2. The summed E-state index contributed by atoms with van der Waals surface area (Å²) in [5.41, 5.74) is 3.97. The Kier molecular flexibility index (Phi) is 6.32. The van der Waals surface area contributed by atoms with Crippen LogP contribution in [-0.4, -0.2) is 30.9 Å². The number of ether oxygens (including phenoxy) is 1. The molecular weight excluding hydrogens is 368 g/mol. The van der Waals surface area contributed by atoms with E-state index < -0.39 is 5.92 Å². The second-order valence-electron chi connectivity index (χ2n) is 7.40. The van der Waals surface area contributed by atoms with Gasteiger partial charge in [0.05, 0.1) is 18.1 Å². The molecule has 1 heterocycles. The highest BCUT2D eigenvalue weighted by atomic mass is 16.5. The van der Waals surface area contributed by atoms with Gasteiger partial charge in [0.15, 0.2) is 0 Å². The van der Waals surface area contributed by atoms with Gasteiger partial charge in [0, 0.05) is 24.3 Å². The third-order valence-corrected chi connectivity index (χ3v) is 4.98. The highest BCUT2D eigenvalue weighted by Gasteiger charge is 2.35. The van der Waals surface area contributed by atoms with Gasteiger partial charge in [-0.3, -0.25) is 9.59 Å². The van der Waals surface area contributed by atoms with Crippen LogP contribution >= 0.6 is 0 Å². The van der Waals surface area contributed by atoms with E-state index in [1.807, 2.05) is 39.0 Å². The molecule has 2 aromatic carbocycles. The number of nitrogens with zero attached hydrogens (tertiary/aromatic N) is 1. The van der Waals surface area contributed by atoms with Gasteiger partial charge >= 0.3 is 5.97 Å². The number of carbonyl (C=O) groups excluding carboxylic acids is 3. The number of hydrogen-bond donors (Lipinski definition) is 1. The van der Waals surface area contributed by atoms with Crippen molar-refractivity contribution in [1.82, 2.24) is 0 Å². The molecule has 0 bridgehead atoms. The molecule has 3 rings (SSSR count). The molecule has 0 radical (unpaired) electrons. The van der Waals surface area contributed by atoms with Crippen LogP contribution in [0.25, 0.3) is 0 Å². The first kappa shape index (κ1) is 20.6. The van der Waals surface area contributed by atoms with Crippen LogP contribution < -0.4 is 10.2 Å². The van der Waals surface area contributed by atoms with Gasteiger partial charge in [-0.15, -0.1) is 0 Å². The summed E-state index contributed by atoms with van der Waals surface area (Å²) in [7, 11) is 0. The molecule has 1 aliphatic rings. The molecule has 0 unspecified atom stereocenters. The highest BCUT2D eigenvalue weighted by molar-refractivity contribution is 6.04. The van der Waals surface area contributed by atoms with Gasteiger partial charge in [0.1, 0.15) is 0 Å². The SMILES string of the molecule is CCCOC(=O)c1ccc(NC(=O)[C@@H]2CC(=O)N(c3cc(C)ccc3C)C2)cc1. The summed E-state index contributed by atoms with van der Waals surface area (Å²) in [5.74, 6) is -1.05. The van der Waals surface area contributed by atoms with Crippen LogP contribution in [0.2, 0.25) is 0 Å². The normalized spacial score (nSPS) is 16.0. The second-order valence-corrected chi connectivity index (χ2v) is 7.40. The summed E-state index contributed by atoms with van der Waals surface area (Å²) in [5, 5.41) is 2.84. The molecule has 1 atom stereocenters. The summed E-state index contributed by atoms with van der Waals surface area (Å²) in [6, 6.07) is 12.5. The Balaban J connectivity index is 1.63. The van der Waals surface area contributed by atoms with Crippen molar-refractivity contribution in [2.75, 3.05) is 23.4 Å². The zero-order valence-electron chi connectivity index (χ0n) is 17.0. The molecule has 1 fully saturated rings. The fourth-order valence-electron chi connectivity index (χ4n) is 3.34. The molecule has 2 aromatic rings.